The van der Waals surface area contributed by atoms with E-state index in [9.17, 15) is 10.3 Å². The van der Waals surface area contributed by atoms with Crippen molar-refractivity contribution in [2.45, 2.75) is 27.2 Å². The van der Waals surface area contributed by atoms with Crippen molar-refractivity contribution in [3.05, 3.63) is 53.0 Å². The summed E-state index contributed by atoms with van der Waals surface area (Å²) in [4.78, 5) is 0. The number of nitrogens with zero attached hydrogens (tertiary/aromatic N) is 3. The predicted molar refractivity (Wildman–Crippen MR) is 94.3 cm³/mol. The molecule has 1 aromatic carbocycles. The molecular formula is C18H20N4O3. The molecule has 7 nitrogen and oxygen atoms in total. The number of nitrogens with two attached hydrogens (primary N) is 1. The molecule has 2 aromatic heterocycles. The Morgan fingerprint density at radius 2 is 1.96 bits per heavy atom. The first kappa shape index (κ1) is 16.6. The first-order valence-electron chi connectivity index (χ1n) is 7.93. The quantitative estimate of drug-likeness (QED) is 0.292. The second-order valence-corrected chi connectivity index (χ2v) is 5.80. The van der Waals surface area contributed by atoms with E-state index in [0.717, 1.165) is 28.9 Å². The van der Waals surface area contributed by atoms with E-state index < -0.39 is 0 Å². The number of hydrogen-bond donors (Lipinski definition) is 3. The van der Waals surface area contributed by atoms with Crippen molar-refractivity contribution in [1.82, 2.24) is 9.72 Å². The molecule has 0 radical (unpaired) electrons. The minimum absolute atomic E-state index is 0.000252. The molecule has 2 heterocycles. The van der Waals surface area contributed by atoms with Crippen molar-refractivity contribution >= 4 is 5.84 Å². The number of aryl methyl sites for hydroxylation is 3. The number of phenolic OH excluding ortho intramolecular Hbond substituents is 1. The number of phenols is 1. The minimum atomic E-state index is -0.000252. The van der Waals surface area contributed by atoms with Crippen molar-refractivity contribution in [2.75, 3.05) is 0 Å². The molecule has 0 unspecified atom stereocenters. The Kier molecular flexibility index (Phi) is 4.22. The lowest BCUT2D eigenvalue weighted by molar-refractivity contribution is 0.318. The molecule has 0 bridgehead atoms. The normalized spacial score (nSPS) is 11.9. The molecule has 0 saturated carbocycles. The zero-order valence-electron chi connectivity index (χ0n) is 14.3. The Morgan fingerprint density at radius 3 is 2.48 bits per heavy atom. The number of oxime groups is 1. The average Bonchev–Trinajstić information content (AvgIpc) is 3.14. The topological polar surface area (TPSA) is 110 Å². The van der Waals surface area contributed by atoms with Crippen LogP contribution in [0.25, 0.3) is 16.9 Å². The lowest BCUT2D eigenvalue weighted by Crippen LogP contribution is -2.18. The molecule has 3 rings (SSSR count). The highest BCUT2D eigenvalue weighted by atomic mass is 16.5. The van der Waals surface area contributed by atoms with Gasteiger partial charge in [-0.15, -0.1) is 0 Å². The van der Waals surface area contributed by atoms with E-state index in [2.05, 4.69) is 10.3 Å². The number of aromatic hydroxyl groups is 1. The minimum Gasteiger partial charge on any atom is -0.508 e. The monoisotopic (exact) mass is 340 g/mol. The molecule has 0 aliphatic heterocycles. The van der Waals surface area contributed by atoms with Crippen LogP contribution in [0.3, 0.4) is 0 Å². The predicted octanol–water partition coefficient (Wildman–Crippen LogP) is 3.11. The number of benzene rings is 1. The van der Waals surface area contributed by atoms with E-state index in [0.29, 0.717) is 17.1 Å². The summed E-state index contributed by atoms with van der Waals surface area (Å²) in [5, 5.41) is 26.0. The van der Waals surface area contributed by atoms with Gasteiger partial charge in [-0.2, -0.15) is 0 Å². The van der Waals surface area contributed by atoms with Crippen LogP contribution in [-0.2, 0) is 6.42 Å². The smallest absolute Gasteiger partial charge is 0.187 e. The SMILES string of the molecule is CCc1cc(/C(N)=N/O)n(-c2c(C)noc2C)c1-c1ccc(O)cc1. The highest BCUT2D eigenvalue weighted by molar-refractivity contribution is 5.98. The lowest BCUT2D eigenvalue weighted by Gasteiger charge is -2.14. The van der Waals surface area contributed by atoms with E-state index in [4.69, 9.17) is 10.3 Å². The van der Waals surface area contributed by atoms with Crippen LogP contribution in [0.2, 0.25) is 0 Å². The molecule has 7 heteroatoms. The number of rotatable bonds is 4. The van der Waals surface area contributed by atoms with E-state index in [1.54, 1.807) is 12.1 Å². The van der Waals surface area contributed by atoms with Gasteiger partial charge in [-0.25, -0.2) is 0 Å². The van der Waals surface area contributed by atoms with E-state index in [1.165, 1.54) is 0 Å². The molecule has 3 aromatic rings. The Bertz CT molecular complexity index is 917. The number of hydrogen-bond acceptors (Lipinski definition) is 5. The summed E-state index contributed by atoms with van der Waals surface area (Å²) in [5.74, 6) is 0.816. The van der Waals surface area contributed by atoms with Crippen molar-refractivity contribution < 1.29 is 14.8 Å². The summed E-state index contributed by atoms with van der Waals surface area (Å²) in [6, 6.07) is 8.80. The maximum absolute atomic E-state index is 9.60. The molecule has 0 spiro atoms. The van der Waals surface area contributed by atoms with Crippen LogP contribution in [0.1, 0.15) is 29.6 Å². The molecule has 130 valence electrons. The van der Waals surface area contributed by atoms with Gasteiger partial charge in [0.15, 0.2) is 11.6 Å². The van der Waals surface area contributed by atoms with Crippen molar-refractivity contribution in [3.63, 3.8) is 0 Å². The second-order valence-electron chi connectivity index (χ2n) is 5.80. The highest BCUT2D eigenvalue weighted by Gasteiger charge is 2.24. The molecule has 0 atom stereocenters. The van der Waals surface area contributed by atoms with Gasteiger partial charge in [0.05, 0.1) is 11.4 Å². The molecule has 0 amide bonds. The van der Waals surface area contributed by atoms with Crippen LogP contribution in [0, 0.1) is 13.8 Å². The summed E-state index contributed by atoms with van der Waals surface area (Å²) < 4.78 is 7.21. The third-order valence-electron chi connectivity index (χ3n) is 4.19. The van der Waals surface area contributed by atoms with Gasteiger partial charge in [-0.3, -0.25) is 0 Å². The fraction of sp³-hybridized carbons (Fsp3) is 0.222. The van der Waals surface area contributed by atoms with Crippen LogP contribution >= 0.6 is 0 Å². The Hall–Kier alpha value is -3.22. The fourth-order valence-electron chi connectivity index (χ4n) is 3.03. The van der Waals surface area contributed by atoms with Gasteiger partial charge in [0, 0.05) is 0 Å². The van der Waals surface area contributed by atoms with Gasteiger partial charge in [0.2, 0.25) is 0 Å². The lowest BCUT2D eigenvalue weighted by atomic mass is 10.1. The van der Waals surface area contributed by atoms with E-state index in [1.807, 2.05) is 43.5 Å². The summed E-state index contributed by atoms with van der Waals surface area (Å²) in [7, 11) is 0. The third kappa shape index (κ3) is 2.73. The van der Waals surface area contributed by atoms with Crippen LogP contribution in [0.5, 0.6) is 5.75 Å². The largest absolute Gasteiger partial charge is 0.508 e. The molecule has 4 N–H and O–H groups in total. The fourth-order valence-corrected chi connectivity index (χ4v) is 3.03. The zero-order valence-corrected chi connectivity index (χ0v) is 14.3. The average molecular weight is 340 g/mol. The van der Waals surface area contributed by atoms with Gasteiger partial charge < -0.3 is 25.1 Å². The van der Waals surface area contributed by atoms with Gasteiger partial charge in [-0.05, 0) is 61.7 Å². The van der Waals surface area contributed by atoms with Gasteiger partial charge in [-0.1, -0.05) is 17.2 Å². The highest BCUT2D eigenvalue weighted by Crippen LogP contribution is 2.34. The zero-order chi connectivity index (χ0) is 18.1. The molecule has 0 aliphatic carbocycles. The molecule has 0 saturated heterocycles. The maximum atomic E-state index is 9.60. The van der Waals surface area contributed by atoms with Gasteiger partial charge in [0.1, 0.15) is 17.1 Å². The second kappa shape index (κ2) is 6.35. The molecule has 0 fully saturated rings. The van der Waals surface area contributed by atoms with Crippen molar-refractivity contribution in [2.24, 2.45) is 10.9 Å². The maximum Gasteiger partial charge on any atom is 0.187 e. The Balaban J connectivity index is 2.40. The standard InChI is InChI=1S/C18H20N4O3/c1-4-12-9-15(18(19)20-24)22(16-10(2)21-25-11(16)3)17(12)13-5-7-14(23)8-6-13/h5-9,23-24H,4H2,1-3H3,(H2,19,20). The van der Waals surface area contributed by atoms with Crippen LogP contribution in [-0.4, -0.2) is 25.9 Å². The van der Waals surface area contributed by atoms with Crippen LogP contribution in [0.15, 0.2) is 40.0 Å². The summed E-state index contributed by atoms with van der Waals surface area (Å²) in [6.45, 7) is 5.69. The molecular weight excluding hydrogens is 320 g/mol. The van der Waals surface area contributed by atoms with Gasteiger partial charge in [0.25, 0.3) is 0 Å². The molecule has 25 heavy (non-hydrogen) atoms. The Labute approximate surface area is 145 Å². The van der Waals surface area contributed by atoms with Gasteiger partial charge >= 0.3 is 0 Å². The summed E-state index contributed by atoms with van der Waals surface area (Å²) in [6.07, 6.45) is 0.748. The first-order valence-corrected chi connectivity index (χ1v) is 7.93. The van der Waals surface area contributed by atoms with Crippen molar-refractivity contribution in [3.8, 4) is 22.7 Å². The number of amidine groups is 1. The third-order valence-corrected chi connectivity index (χ3v) is 4.19. The van der Waals surface area contributed by atoms with E-state index in [-0.39, 0.29) is 11.6 Å². The summed E-state index contributed by atoms with van der Waals surface area (Å²) in [5.41, 5.74) is 10.7. The number of aromatic nitrogens is 2. The van der Waals surface area contributed by atoms with Crippen molar-refractivity contribution in [1.29, 1.82) is 0 Å². The van der Waals surface area contributed by atoms with Crippen LogP contribution in [0.4, 0.5) is 0 Å². The van der Waals surface area contributed by atoms with E-state index >= 15 is 0 Å². The summed E-state index contributed by atoms with van der Waals surface area (Å²) >= 11 is 0. The molecule has 0 aliphatic rings. The first-order chi connectivity index (χ1) is 12.0. The van der Waals surface area contributed by atoms with Crippen LogP contribution < -0.4 is 5.73 Å². The Morgan fingerprint density at radius 1 is 1.28 bits per heavy atom.